The zero-order chi connectivity index (χ0) is 48.5. The van der Waals surface area contributed by atoms with E-state index in [9.17, 15) is 19.8 Å². The molecule has 8 N–H and O–H groups in total. The van der Waals surface area contributed by atoms with Crippen LogP contribution >= 0.6 is 31.9 Å². The number of nitrogens with two attached hydrogens (primary N) is 2. The number of hydrogen-bond donors (Lipinski definition) is 5. The fourth-order valence-electron chi connectivity index (χ4n) is 9.47. The Kier molecular flexibility index (Phi) is 16.5. The van der Waals surface area contributed by atoms with Gasteiger partial charge in [0.25, 0.3) is 0 Å². The molecular formula is C51H51Br2LiN10O7. The second-order valence-corrected chi connectivity index (χ2v) is 19.5. The van der Waals surface area contributed by atoms with Gasteiger partial charge in [0.2, 0.25) is 0 Å². The van der Waals surface area contributed by atoms with Crippen molar-refractivity contribution in [2.75, 3.05) is 18.6 Å². The minimum absolute atomic E-state index is 0. The van der Waals surface area contributed by atoms with E-state index in [4.69, 9.17) is 31.3 Å². The van der Waals surface area contributed by atoms with Gasteiger partial charge < -0.3 is 37.0 Å². The molecule has 10 rings (SSSR count). The SMILES string of the molecule is COC(=O)CC1(O)CCC(c2nc3c(-c4ccc(-c5ccccc5)nc4)cnn3c(N)c2Br)CC1.Nc1c(Br)c(C2CCC(O)(CC(=O)O)CC2)nc2c(-c3ccc(-c4ccccc4)nc3)cnn12.[Li+].[OH-]. The number of carbonyl (C=O) groups is 2. The summed E-state index contributed by atoms with van der Waals surface area (Å²) in [7, 11) is 1.34. The summed E-state index contributed by atoms with van der Waals surface area (Å²) in [6.07, 6.45) is 11.3. The Balaban J connectivity index is 0.000000203. The molecular weight excluding hydrogens is 1030 g/mol. The number of carboxylic acid groups (broad SMARTS) is 1. The second-order valence-electron chi connectivity index (χ2n) is 17.9. The van der Waals surface area contributed by atoms with Crippen LogP contribution in [-0.4, -0.2) is 90.2 Å². The van der Waals surface area contributed by atoms with Crippen molar-refractivity contribution in [3.8, 4) is 44.8 Å². The van der Waals surface area contributed by atoms with E-state index in [1.54, 1.807) is 21.4 Å². The molecule has 8 aromatic rings. The maximum absolute atomic E-state index is 11.7. The van der Waals surface area contributed by atoms with Crippen LogP contribution in [0.15, 0.2) is 119 Å². The summed E-state index contributed by atoms with van der Waals surface area (Å²) < 4.78 is 9.37. The zero-order valence-corrected chi connectivity index (χ0v) is 42.3. The normalized spacial score (nSPS) is 19.7. The molecule has 2 fully saturated rings. The first-order chi connectivity index (χ1) is 33.2. The Labute approximate surface area is 437 Å². The molecule has 2 aromatic carbocycles. The van der Waals surface area contributed by atoms with Gasteiger partial charge in [-0.25, -0.2) is 9.97 Å². The van der Waals surface area contributed by atoms with Gasteiger partial charge in [0.15, 0.2) is 11.3 Å². The van der Waals surface area contributed by atoms with E-state index in [0.717, 1.165) is 56.2 Å². The van der Waals surface area contributed by atoms with Crippen molar-refractivity contribution < 1.29 is 54.0 Å². The molecule has 6 aromatic heterocycles. The number of aliphatic hydroxyl groups is 2. The molecule has 0 amide bonds. The van der Waals surface area contributed by atoms with Crippen LogP contribution in [0.25, 0.3) is 56.1 Å². The van der Waals surface area contributed by atoms with Gasteiger partial charge in [0.05, 0.1) is 75.3 Å². The van der Waals surface area contributed by atoms with Gasteiger partial charge in [0.1, 0.15) is 11.6 Å². The van der Waals surface area contributed by atoms with Crippen LogP contribution in [0, 0.1) is 0 Å². The summed E-state index contributed by atoms with van der Waals surface area (Å²) >= 11 is 7.21. The number of hydrogen-bond acceptors (Lipinski definition) is 14. The summed E-state index contributed by atoms with van der Waals surface area (Å²) in [6, 6.07) is 28.0. The van der Waals surface area contributed by atoms with Gasteiger partial charge >= 0.3 is 30.8 Å². The summed E-state index contributed by atoms with van der Waals surface area (Å²) in [6.45, 7) is 0. The molecule has 6 heterocycles. The van der Waals surface area contributed by atoms with E-state index in [1.165, 1.54) is 7.11 Å². The number of nitrogen functional groups attached to an aromatic ring is 2. The average molecular weight is 1080 g/mol. The van der Waals surface area contributed by atoms with Crippen molar-refractivity contribution in [2.45, 2.75) is 87.2 Å². The van der Waals surface area contributed by atoms with Crippen LogP contribution in [0.5, 0.6) is 0 Å². The average Bonchev–Trinajstić information content (AvgIpc) is 4.00. The van der Waals surface area contributed by atoms with Crippen molar-refractivity contribution in [1.82, 2.24) is 39.2 Å². The zero-order valence-electron chi connectivity index (χ0n) is 39.1. The number of methoxy groups -OCH3 is 1. The van der Waals surface area contributed by atoms with Gasteiger partial charge in [-0.2, -0.15) is 19.2 Å². The number of fused-ring (bicyclic) bond motifs is 2. The van der Waals surface area contributed by atoms with Crippen LogP contribution in [0.4, 0.5) is 11.6 Å². The number of anilines is 2. The van der Waals surface area contributed by atoms with Gasteiger partial charge in [-0.15, -0.1) is 0 Å². The smallest absolute Gasteiger partial charge is 0.870 e. The number of esters is 1. The molecule has 0 radical (unpaired) electrons. The molecule has 2 saturated carbocycles. The van der Waals surface area contributed by atoms with Crippen LogP contribution in [0.3, 0.4) is 0 Å². The summed E-state index contributed by atoms with van der Waals surface area (Å²) in [5.74, 6) is -0.312. The summed E-state index contributed by atoms with van der Waals surface area (Å²) in [5.41, 5.74) is 20.9. The second kappa shape index (κ2) is 22.2. The van der Waals surface area contributed by atoms with Crippen molar-refractivity contribution in [3.63, 3.8) is 0 Å². The van der Waals surface area contributed by atoms with Crippen molar-refractivity contribution in [2.24, 2.45) is 0 Å². The number of halogens is 2. The number of benzene rings is 2. The minimum atomic E-state index is -1.17. The van der Waals surface area contributed by atoms with E-state index in [0.29, 0.717) is 83.2 Å². The molecule has 0 saturated heterocycles. The van der Waals surface area contributed by atoms with E-state index < -0.39 is 23.1 Å². The third-order valence-corrected chi connectivity index (χ3v) is 15.0. The topological polar surface area (TPSA) is 272 Å². The molecule has 20 heteroatoms. The molecule has 0 aliphatic heterocycles. The Morgan fingerprint density at radius 3 is 1.38 bits per heavy atom. The Hall–Kier alpha value is -6.04. The summed E-state index contributed by atoms with van der Waals surface area (Å²) in [5, 5.41) is 39.4. The first-order valence-corrected chi connectivity index (χ1v) is 24.2. The number of pyridine rings is 2. The number of carbonyl (C=O) groups excluding carboxylic acids is 1. The predicted octanol–water partition coefficient (Wildman–Crippen LogP) is 6.25. The number of ether oxygens (including phenoxy) is 1. The first kappa shape index (κ1) is 52.8. The number of carboxylic acids is 1. The number of aliphatic carboxylic acids is 1. The number of rotatable bonds is 10. The quantitative estimate of drug-likeness (QED) is 0.0748. The van der Waals surface area contributed by atoms with Crippen molar-refractivity contribution in [3.05, 3.63) is 130 Å². The Bertz CT molecular complexity index is 3150. The molecule has 0 bridgehead atoms. The number of aromatic nitrogens is 8. The Morgan fingerprint density at radius 2 is 1.03 bits per heavy atom. The van der Waals surface area contributed by atoms with Crippen LogP contribution in [0.1, 0.15) is 87.4 Å². The molecule has 17 nitrogen and oxygen atoms in total. The van der Waals surface area contributed by atoms with Crippen molar-refractivity contribution in [1.29, 1.82) is 0 Å². The molecule has 0 atom stereocenters. The maximum Gasteiger partial charge on any atom is 1.00 e. The van der Waals surface area contributed by atoms with E-state index >= 15 is 0 Å². The molecule has 0 spiro atoms. The molecule has 362 valence electrons. The van der Waals surface area contributed by atoms with E-state index in [-0.39, 0.29) is 49.0 Å². The van der Waals surface area contributed by atoms with Gasteiger partial charge in [-0.1, -0.05) is 72.8 Å². The van der Waals surface area contributed by atoms with E-state index in [2.05, 4.69) is 52.0 Å². The fraction of sp³-hybridized carbons (Fsp3) is 0.294. The first-order valence-electron chi connectivity index (χ1n) is 22.7. The van der Waals surface area contributed by atoms with E-state index in [1.807, 2.05) is 97.3 Å². The predicted molar refractivity (Wildman–Crippen MR) is 271 cm³/mol. The fourth-order valence-corrected chi connectivity index (χ4v) is 10.6. The number of nitrogens with zero attached hydrogens (tertiary/aromatic N) is 8. The molecule has 71 heavy (non-hydrogen) atoms. The van der Waals surface area contributed by atoms with Crippen LogP contribution in [-0.2, 0) is 14.3 Å². The standard InChI is InChI=1S/C26H26BrN5O3.C25H24BrN5O3.Li.H2O/c1-35-21(33)13-26(34)11-9-17(10-12-26)23-22(27)24(28)32-25(31-23)19(15-30-32)18-7-8-20(29-14-18)16-5-3-2-4-6-16;26-21-22(16-8-10-25(34,11-9-16)12-20(32)33)30-24-18(14-29-31(24)23(21)27)17-6-7-19(28-13-17)15-4-2-1-3-5-15;;/h2-8,14-15,17,34H,9-13,28H2,1H3;1-7,13-14,16,34H,8-12,27H2,(H,32,33);;1H2/q;;+1;/p-1. The van der Waals surface area contributed by atoms with Gasteiger partial charge in [0, 0.05) is 57.6 Å². The van der Waals surface area contributed by atoms with Crippen LogP contribution < -0.4 is 30.3 Å². The van der Waals surface area contributed by atoms with Crippen molar-refractivity contribution >= 4 is 66.7 Å². The van der Waals surface area contributed by atoms with Crippen LogP contribution in [0.2, 0.25) is 0 Å². The monoisotopic (exact) mass is 1080 g/mol. The minimum Gasteiger partial charge on any atom is -0.870 e. The third kappa shape index (κ3) is 11.2. The third-order valence-electron chi connectivity index (χ3n) is 13.4. The van der Waals surface area contributed by atoms with Gasteiger partial charge in [-0.05, 0) is 95.4 Å². The summed E-state index contributed by atoms with van der Waals surface area (Å²) in [4.78, 5) is 42.0. The maximum atomic E-state index is 11.7. The molecule has 2 aliphatic rings. The van der Waals surface area contributed by atoms with Gasteiger partial charge in [-0.3, -0.25) is 19.6 Å². The Morgan fingerprint density at radius 1 is 0.634 bits per heavy atom. The largest absolute Gasteiger partial charge is 1.00 e. The molecule has 0 unspecified atom stereocenters. The molecule has 2 aliphatic carbocycles.